The van der Waals surface area contributed by atoms with E-state index in [0.717, 1.165) is 38.6 Å². The minimum atomic E-state index is 0.195. The van der Waals surface area contributed by atoms with E-state index in [1.807, 2.05) is 4.90 Å². The fourth-order valence-corrected chi connectivity index (χ4v) is 3.41. The first-order valence-corrected chi connectivity index (χ1v) is 8.01. The number of Topliss-reactive ketones (excluding diaryl/α,β-unsaturated/α-hetero) is 1. The molecule has 1 aliphatic heterocycles. The number of carbonyl (C=O) groups excluding carboxylic acids is 2. The molecular weight excluding hydrogens is 238 g/mol. The molecule has 0 radical (unpaired) electrons. The van der Waals surface area contributed by atoms with Gasteiger partial charge in [-0.2, -0.15) is 0 Å². The van der Waals surface area contributed by atoms with Crippen LogP contribution in [0.3, 0.4) is 0 Å². The summed E-state index contributed by atoms with van der Waals surface area (Å²) in [6, 6.07) is 0. The van der Waals surface area contributed by atoms with E-state index >= 15 is 0 Å². The van der Waals surface area contributed by atoms with Crippen molar-refractivity contribution >= 4 is 11.7 Å². The lowest BCUT2D eigenvalue weighted by atomic mass is 9.86. The second kappa shape index (κ2) is 7.06. The molecule has 3 heteroatoms. The Balaban J connectivity index is 1.86. The molecule has 0 aromatic rings. The summed E-state index contributed by atoms with van der Waals surface area (Å²) in [5, 5.41) is 0. The van der Waals surface area contributed by atoms with E-state index in [2.05, 4.69) is 6.92 Å². The number of hydrogen-bond acceptors (Lipinski definition) is 2. The third-order valence-electron chi connectivity index (χ3n) is 4.91. The maximum Gasteiger partial charge on any atom is 0.222 e. The van der Waals surface area contributed by atoms with Crippen LogP contribution in [0, 0.1) is 11.8 Å². The summed E-state index contributed by atoms with van der Waals surface area (Å²) in [6.07, 6.45) is 9.57. The summed E-state index contributed by atoms with van der Waals surface area (Å²) in [5.74, 6) is 1.40. The maximum absolute atomic E-state index is 12.3. The highest BCUT2D eigenvalue weighted by Gasteiger charge is 2.27. The van der Waals surface area contributed by atoms with Gasteiger partial charge in [-0.15, -0.1) is 0 Å². The predicted octanol–water partition coefficient (Wildman–Crippen LogP) is 3.17. The fraction of sp³-hybridized carbons (Fsp3) is 0.875. The Morgan fingerprint density at radius 3 is 2.58 bits per heavy atom. The minimum absolute atomic E-state index is 0.195. The third-order valence-corrected chi connectivity index (χ3v) is 4.91. The molecule has 1 heterocycles. The van der Waals surface area contributed by atoms with Gasteiger partial charge in [0.1, 0.15) is 0 Å². The Hall–Kier alpha value is -0.860. The van der Waals surface area contributed by atoms with Crippen molar-refractivity contribution in [3.05, 3.63) is 0 Å². The Labute approximate surface area is 116 Å². The highest BCUT2D eigenvalue weighted by atomic mass is 16.2. The van der Waals surface area contributed by atoms with Crippen molar-refractivity contribution in [2.45, 2.75) is 64.7 Å². The number of ketones is 1. The van der Waals surface area contributed by atoms with Crippen LogP contribution in [0.2, 0.25) is 0 Å². The van der Waals surface area contributed by atoms with Crippen molar-refractivity contribution < 1.29 is 9.59 Å². The van der Waals surface area contributed by atoms with Crippen molar-refractivity contribution in [2.24, 2.45) is 11.8 Å². The molecule has 3 nitrogen and oxygen atoms in total. The molecule has 1 unspecified atom stereocenters. The molecule has 108 valence electrons. The second-order valence-corrected chi connectivity index (χ2v) is 6.22. The first-order chi connectivity index (χ1) is 9.20. The van der Waals surface area contributed by atoms with Crippen molar-refractivity contribution in [1.29, 1.82) is 0 Å². The van der Waals surface area contributed by atoms with E-state index in [0.29, 0.717) is 24.7 Å². The van der Waals surface area contributed by atoms with Gasteiger partial charge in [-0.05, 0) is 31.6 Å². The molecule has 2 rings (SSSR count). The molecule has 19 heavy (non-hydrogen) atoms. The van der Waals surface area contributed by atoms with Gasteiger partial charge in [0, 0.05) is 18.9 Å². The van der Waals surface area contributed by atoms with Crippen molar-refractivity contribution in [3.63, 3.8) is 0 Å². The molecule has 0 N–H and O–H groups in total. The molecule has 1 saturated heterocycles. The Bertz CT molecular complexity index is 321. The van der Waals surface area contributed by atoms with Gasteiger partial charge in [0.2, 0.25) is 5.91 Å². The summed E-state index contributed by atoms with van der Waals surface area (Å²) in [4.78, 5) is 26.2. The monoisotopic (exact) mass is 265 g/mol. The van der Waals surface area contributed by atoms with Crippen molar-refractivity contribution in [1.82, 2.24) is 4.90 Å². The first-order valence-electron chi connectivity index (χ1n) is 8.01. The number of carbonyl (C=O) groups is 2. The van der Waals surface area contributed by atoms with E-state index in [1.54, 1.807) is 0 Å². The molecule has 2 aliphatic rings. The molecule has 0 bridgehead atoms. The average molecular weight is 265 g/mol. The lowest BCUT2D eigenvalue weighted by Gasteiger charge is -2.25. The van der Waals surface area contributed by atoms with E-state index in [1.165, 1.54) is 19.3 Å². The van der Waals surface area contributed by atoms with Gasteiger partial charge >= 0.3 is 0 Å². The summed E-state index contributed by atoms with van der Waals surface area (Å²) in [6.45, 7) is 3.35. The zero-order valence-corrected chi connectivity index (χ0v) is 12.2. The van der Waals surface area contributed by atoms with Crippen LogP contribution in [0.1, 0.15) is 64.7 Å². The van der Waals surface area contributed by atoms with E-state index in [-0.39, 0.29) is 11.8 Å². The van der Waals surface area contributed by atoms with Crippen LogP contribution in [0.5, 0.6) is 0 Å². The SMILES string of the molecule is CCC1CCC(=O)N(CC(=O)C2CCCCC2)CC1. The van der Waals surface area contributed by atoms with Crippen LogP contribution in [-0.4, -0.2) is 29.7 Å². The summed E-state index contributed by atoms with van der Waals surface area (Å²) in [5.41, 5.74) is 0. The van der Waals surface area contributed by atoms with Gasteiger partial charge in [-0.3, -0.25) is 9.59 Å². The number of likely N-dealkylation sites (tertiary alicyclic amines) is 1. The van der Waals surface area contributed by atoms with E-state index in [4.69, 9.17) is 0 Å². The Morgan fingerprint density at radius 2 is 1.89 bits per heavy atom. The Morgan fingerprint density at radius 1 is 1.16 bits per heavy atom. The van der Waals surface area contributed by atoms with Crippen molar-refractivity contribution in [3.8, 4) is 0 Å². The van der Waals surface area contributed by atoms with Gasteiger partial charge in [0.05, 0.1) is 6.54 Å². The first kappa shape index (κ1) is 14.5. The van der Waals surface area contributed by atoms with Crippen molar-refractivity contribution in [2.75, 3.05) is 13.1 Å². The normalized spacial score (nSPS) is 26.3. The van der Waals surface area contributed by atoms with Gasteiger partial charge in [-0.25, -0.2) is 0 Å². The van der Waals surface area contributed by atoms with Crippen LogP contribution >= 0.6 is 0 Å². The number of hydrogen-bond donors (Lipinski definition) is 0. The summed E-state index contributed by atoms with van der Waals surface area (Å²) >= 11 is 0. The van der Waals surface area contributed by atoms with Crippen LogP contribution in [0.25, 0.3) is 0 Å². The highest BCUT2D eigenvalue weighted by Crippen LogP contribution is 2.26. The van der Waals surface area contributed by atoms with Crippen LogP contribution in [0.4, 0.5) is 0 Å². The van der Waals surface area contributed by atoms with Crippen LogP contribution in [-0.2, 0) is 9.59 Å². The van der Waals surface area contributed by atoms with Gasteiger partial charge in [-0.1, -0.05) is 32.6 Å². The summed E-state index contributed by atoms with van der Waals surface area (Å²) < 4.78 is 0. The molecule has 0 aromatic carbocycles. The predicted molar refractivity (Wildman–Crippen MR) is 75.8 cm³/mol. The highest BCUT2D eigenvalue weighted by molar-refractivity contribution is 5.87. The molecule has 1 aliphatic carbocycles. The number of nitrogens with zero attached hydrogens (tertiary/aromatic N) is 1. The standard InChI is InChI=1S/C16H27NO2/c1-2-13-8-9-16(19)17(11-10-13)12-15(18)14-6-4-3-5-7-14/h13-14H,2-12H2,1H3. The second-order valence-electron chi connectivity index (χ2n) is 6.22. The lowest BCUT2D eigenvalue weighted by Crippen LogP contribution is -2.38. The quantitative estimate of drug-likeness (QED) is 0.783. The largest absolute Gasteiger partial charge is 0.335 e. The zero-order valence-electron chi connectivity index (χ0n) is 12.2. The van der Waals surface area contributed by atoms with Crippen LogP contribution < -0.4 is 0 Å². The van der Waals surface area contributed by atoms with Gasteiger partial charge < -0.3 is 4.90 Å². The van der Waals surface area contributed by atoms with E-state index < -0.39 is 0 Å². The molecule has 1 saturated carbocycles. The zero-order chi connectivity index (χ0) is 13.7. The van der Waals surface area contributed by atoms with Crippen LogP contribution in [0.15, 0.2) is 0 Å². The number of rotatable bonds is 4. The molecule has 2 fully saturated rings. The topological polar surface area (TPSA) is 37.4 Å². The fourth-order valence-electron chi connectivity index (χ4n) is 3.41. The third kappa shape index (κ3) is 4.05. The lowest BCUT2D eigenvalue weighted by molar-refractivity contribution is -0.136. The minimum Gasteiger partial charge on any atom is -0.335 e. The molecule has 0 aromatic heterocycles. The van der Waals surface area contributed by atoms with E-state index in [9.17, 15) is 9.59 Å². The molecular formula is C16H27NO2. The maximum atomic E-state index is 12.3. The Kier molecular flexibility index (Phi) is 5.41. The molecule has 1 atom stereocenters. The van der Waals surface area contributed by atoms with Gasteiger partial charge in [0.25, 0.3) is 0 Å². The number of amides is 1. The average Bonchev–Trinajstić information content (AvgIpc) is 2.62. The molecule has 1 amide bonds. The summed E-state index contributed by atoms with van der Waals surface area (Å²) in [7, 11) is 0. The molecule has 0 spiro atoms. The smallest absolute Gasteiger partial charge is 0.222 e. The van der Waals surface area contributed by atoms with Gasteiger partial charge in [0.15, 0.2) is 5.78 Å².